The van der Waals surface area contributed by atoms with Gasteiger partial charge >= 0.3 is 0 Å². The molecule has 0 amide bonds. The fourth-order valence-electron chi connectivity index (χ4n) is 2.83. The number of aliphatic hydroxyl groups is 1. The molecule has 0 saturated heterocycles. The number of fused-ring (bicyclic) bond motifs is 1. The number of carbonyl (C=O) groups is 1. The summed E-state index contributed by atoms with van der Waals surface area (Å²) in [5, 5.41) is 19.8. The maximum Gasteiger partial charge on any atom is 0.195 e. The number of Topliss-reactive ketones (excluding diaryl/α,β-unsaturated/α-hetero) is 1. The number of benzene rings is 1. The number of carbonyl (C=O) groups excluding carboxylic acids is 1. The number of rotatable bonds is 1. The lowest BCUT2D eigenvalue weighted by atomic mass is 9.77. The van der Waals surface area contributed by atoms with E-state index in [0.717, 1.165) is 22.3 Å². The average Bonchev–Trinajstić information content (AvgIpc) is 2.28. The van der Waals surface area contributed by atoms with E-state index in [0.29, 0.717) is 6.42 Å². The number of allylic oxidation sites excluding steroid dienone is 1. The summed E-state index contributed by atoms with van der Waals surface area (Å²) in [7, 11) is 0. The molecule has 1 aromatic rings. The topological polar surface area (TPSA) is 57.5 Å². The van der Waals surface area contributed by atoms with Crippen molar-refractivity contribution >= 4 is 11.4 Å². The second-order valence-corrected chi connectivity index (χ2v) is 5.15. The third-order valence-corrected chi connectivity index (χ3v) is 3.69. The van der Waals surface area contributed by atoms with Crippen LogP contribution in [0, 0.1) is 6.92 Å². The Morgan fingerprint density at radius 3 is 2.67 bits per heavy atom. The van der Waals surface area contributed by atoms with E-state index >= 15 is 0 Å². The molecule has 96 valence electrons. The summed E-state index contributed by atoms with van der Waals surface area (Å²) in [6.45, 7) is 9.66. The summed E-state index contributed by atoms with van der Waals surface area (Å²) < 4.78 is 0. The molecular formula is C15H18O3. The lowest BCUT2D eigenvalue weighted by Gasteiger charge is -2.29. The highest BCUT2D eigenvalue weighted by atomic mass is 16.3. The summed E-state index contributed by atoms with van der Waals surface area (Å²) in [5.74, 6) is -0.376. The molecule has 3 heteroatoms. The highest BCUT2D eigenvalue weighted by Gasteiger charge is 2.34. The van der Waals surface area contributed by atoms with Crippen LogP contribution in [0.2, 0.25) is 0 Å². The van der Waals surface area contributed by atoms with Crippen LogP contribution in [0.15, 0.2) is 12.6 Å². The Kier molecular flexibility index (Phi) is 3.03. The van der Waals surface area contributed by atoms with Gasteiger partial charge in [-0.25, -0.2) is 0 Å². The van der Waals surface area contributed by atoms with Crippen LogP contribution in [0.25, 0.3) is 5.57 Å². The molecule has 0 aromatic heterocycles. The lowest BCUT2D eigenvalue weighted by molar-refractivity contribution is 0.0690. The van der Waals surface area contributed by atoms with E-state index in [-0.39, 0.29) is 23.0 Å². The standard InChI is InChI=1S/C15H18O3/c1-7(2)10-6-11(16)14-13(9(10)4)8(3)5-12(17)15(14)18/h6,8,12,16-17H,1,5H2,2-4H3/t8-,12-/m0/s1. The van der Waals surface area contributed by atoms with E-state index < -0.39 is 6.10 Å². The van der Waals surface area contributed by atoms with E-state index in [9.17, 15) is 15.0 Å². The molecule has 0 heterocycles. The Balaban J connectivity index is 2.77. The molecule has 1 aromatic carbocycles. The molecule has 18 heavy (non-hydrogen) atoms. The average molecular weight is 246 g/mol. The molecule has 0 radical (unpaired) electrons. The number of aliphatic hydroxyl groups excluding tert-OH is 1. The van der Waals surface area contributed by atoms with Crippen molar-refractivity contribution in [3.8, 4) is 5.75 Å². The molecule has 0 unspecified atom stereocenters. The molecule has 2 N–H and O–H groups in total. The van der Waals surface area contributed by atoms with E-state index in [1.807, 2.05) is 20.8 Å². The van der Waals surface area contributed by atoms with Crippen molar-refractivity contribution in [3.63, 3.8) is 0 Å². The van der Waals surface area contributed by atoms with Crippen LogP contribution in [-0.2, 0) is 0 Å². The molecule has 0 aliphatic heterocycles. The SMILES string of the molecule is C=C(C)c1cc(O)c2c(c1C)[C@@H](C)C[C@H](O)C2=O. The first kappa shape index (κ1) is 12.8. The lowest BCUT2D eigenvalue weighted by Crippen LogP contribution is -2.30. The van der Waals surface area contributed by atoms with Gasteiger partial charge in [0.1, 0.15) is 11.9 Å². The number of ketones is 1. The van der Waals surface area contributed by atoms with Gasteiger partial charge in [-0.1, -0.05) is 19.1 Å². The van der Waals surface area contributed by atoms with E-state index in [1.165, 1.54) is 0 Å². The molecule has 0 bridgehead atoms. The Labute approximate surface area is 107 Å². The quantitative estimate of drug-likeness (QED) is 0.801. The summed E-state index contributed by atoms with van der Waals surface area (Å²) in [6, 6.07) is 1.57. The Morgan fingerprint density at radius 2 is 2.11 bits per heavy atom. The van der Waals surface area contributed by atoms with E-state index in [1.54, 1.807) is 6.07 Å². The number of hydrogen-bond acceptors (Lipinski definition) is 3. The third kappa shape index (κ3) is 1.75. The van der Waals surface area contributed by atoms with Crippen molar-refractivity contribution in [2.75, 3.05) is 0 Å². The van der Waals surface area contributed by atoms with Crippen molar-refractivity contribution < 1.29 is 15.0 Å². The van der Waals surface area contributed by atoms with Gasteiger partial charge in [-0.2, -0.15) is 0 Å². The molecular weight excluding hydrogens is 228 g/mol. The van der Waals surface area contributed by atoms with E-state index in [2.05, 4.69) is 6.58 Å². The minimum atomic E-state index is -1.01. The van der Waals surface area contributed by atoms with Crippen LogP contribution in [0.5, 0.6) is 5.75 Å². The van der Waals surface area contributed by atoms with Crippen LogP contribution in [0.3, 0.4) is 0 Å². The van der Waals surface area contributed by atoms with Gasteiger partial charge in [0, 0.05) is 0 Å². The summed E-state index contributed by atoms with van der Waals surface area (Å²) in [5.41, 5.74) is 3.84. The zero-order valence-electron chi connectivity index (χ0n) is 10.9. The molecule has 1 aliphatic rings. The minimum absolute atomic E-state index is 0.0517. The molecule has 0 spiro atoms. The first-order chi connectivity index (χ1) is 8.34. The van der Waals surface area contributed by atoms with E-state index in [4.69, 9.17) is 0 Å². The second kappa shape index (κ2) is 4.25. The Morgan fingerprint density at radius 1 is 1.50 bits per heavy atom. The minimum Gasteiger partial charge on any atom is -0.507 e. The van der Waals surface area contributed by atoms with Crippen molar-refractivity contribution in [2.24, 2.45) is 0 Å². The first-order valence-electron chi connectivity index (χ1n) is 6.09. The number of aromatic hydroxyl groups is 1. The van der Waals surface area contributed by atoms with Crippen LogP contribution in [0.1, 0.15) is 53.2 Å². The Bertz CT molecular complexity index is 543. The third-order valence-electron chi connectivity index (χ3n) is 3.69. The summed E-state index contributed by atoms with van der Waals surface area (Å²) >= 11 is 0. The first-order valence-corrected chi connectivity index (χ1v) is 6.09. The number of phenols is 1. The monoisotopic (exact) mass is 246 g/mol. The molecule has 0 saturated carbocycles. The molecule has 1 aliphatic carbocycles. The maximum atomic E-state index is 12.0. The highest BCUT2D eigenvalue weighted by Crippen LogP contribution is 2.41. The largest absolute Gasteiger partial charge is 0.507 e. The fraction of sp³-hybridized carbons (Fsp3) is 0.400. The van der Waals surface area contributed by atoms with Crippen molar-refractivity contribution in [1.29, 1.82) is 0 Å². The van der Waals surface area contributed by atoms with Gasteiger partial charge in [0.2, 0.25) is 0 Å². The second-order valence-electron chi connectivity index (χ2n) is 5.15. The predicted octanol–water partition coefficient (Wildman–Crippen LogP) is 2.78. The highest BCUT2D eigenvalue weighted by molar-refractivity contribution is 6.05. The maximum absolute atomic E-state index is 12.0. The van der Waals surface area contributed by atoms with Crippen molar-refractivity contribution in [3.05, 3.63) is 34.9 Å². The predicted molar refractivity (Wildman–Crippen MR) is 70.9 cm³/mol. The number of phenolic OH excluding ortho intramolecular Hbond substituents is 1. The van der Waals surface area contributed by atoms with Crippen molar-refractivity contribution in [2.45, 2.75) is 39.2 Å². The van der Waals surface area contributed by atoms with Gasteiger partial charge in [-0.3, -0.25) is 4.79 Å². The van der Waals surface area contributed by atoms with Gasteiger partial charge in [-0.15, -0.1) is 0 Å². The zero-order valence-corrected chi connectivity index (χ0v) is 10.9. The van der Waals surface area contributed by atoms with Crippen LogP contribution in [-0.4, -0.2) is 22.1 Å². The number of hydrogen-bond donors (Lipinski definition) is 2. The van der Waals surface area contributed by atoms with Crippen molar-refractivity contribution in [1.82, 2.24) is 0 Å². The normalized spacial score (nSPS) is 22.8. The smallest absolute Gasteiger partial charge is 0.195 e. The van der Waals surface area contributed by atoms with Gasteiger partial charge in [0.25, 0.3) is 0 Å². The van der Waals surface area contributed by atoms with Gasteiger partial charge < -0.3 is 10.2 Å². The molecule has 3 nitrogen and oxygen atoms in total. The zero-order chi connectivity index (χ0) is 13.6. The van der Waals surface area contributed by atoms with Crippen LogP contribution >= 0.6 is 0 Å². The fourth-order valence-corrected chi connectivity index (χ4v) is 2.83. The Hall–Kier alpha value is -1.61. The van der Waals surface area contributed by atoms with Gasteiger partial charge in [0.05, 0.1) is 5.56 Å². The van der Waals surface area contributed by atoms with Crippen LogP contribution in [0.4, 0.5) is 0 Å². The summed E-state index contributed by atoms with van der Waals surface area (Å²) in [4.78, 5) is 12.0. The summed E-state index contributed by atoms with van der Waals surface area (Å²) in [6.07, 6.45) is -0.598. The van der Waals surface area contributed by atoms with Crippen LogP contribution < -0.4 is 0 Å². The molecule has 2 atom stereocenters. The van der Waals surface area contributed by atoms with Gasteiger partial charge in [0.15, 0.2) is 5.78 Å². The molecule has 0 fully saturated rings. The van der Waals surface area contributed by atoms with Gasteiger partial charge in [-0.05, 0) is 48.9 Å². The molecule has 2 rings (SSSR count).